The van der Waals surface area contributed by atoms with E-state index in [1.54, 1.807) is 62.4 Å². The van der Waals surface area contributed by atoms with Gasteiger partial charge in [0.25, 0.3) is 0 Å². The summed E-state index contributed by atoms with van der Waals surface area (Å²) in [4.78, 5) is 30.6. The van der Waals surface area contributed by atoms with Crippen LogP contribution in [0.25, 0.3) is 11.4 Å². The maximum absolute atomic E-state index is 11.8. The number of aromatic hydroxyl groups is 2. The van der Waals surface area contributed by atoms with Crippen molar-refractivity contribution < 1.29 is 72.5 Å². The number of aryl methyl sites for hydroxylation is 2. The molecule has 0 spiro atoms. The molecule has 0 amide bonds. The van der Waals surface area contributed by atoms with E-state index in [0.29, 0.717) is 22.8 Å². The molecule has 2 heterocycles. The van der Waals surface area contributed by atoms with E-state index in [2.05, 4.69) is 24.5 Å². The van der Waals surface area contributed by atoms with E-state index >= 15 is 0 Å². The standard InChI is InChI=1S/2C18H16N4O6S.Co/c1-11-15(17(23)22(20-11)13-5-3-2-4-6-13)10-19-16-9-12(21-29(26,27)28)7-8-14(16)18(24)25;1-11-15(17(23)22(21-11)12-5-3-2-4-6-12)10-20-16-9-13(29(26,27)28-19)7-8-14(16)18(24)25;/h2-10,21,23H,1H3,(H,24,25)(H,26,27,28);2-10,23H,19H2,1H3,(H,24,25);. The third kappa shape index (κ3) is 10.8. The van der Waals surface area contributed by atoms with Crippen LogP contribution >= 0.6 is 0 Å². The van der Waals surface area contributed by atoms with Crippen molar-refractivity contribution in [1.82, 2.24) is 19.6 Å². The minimum Gasteiger partial charge on any atom is -0.493 e. The van der Waals surface area contributed by atoms with Crippen molar-refractivity contribution in [2.24, 2.45) is 15.9 Å². The summed E-state index contributed by atoms with van der Waals surface area (Å²) in [5, 5.41) is 48.1. The normalized spacial score (nSPS) is 11.5. The molecule has 23 heteroatoms. The van der Waals surface area contributed by atoms with Crippen LogP contribution in [0.3, 0.4) is 0 Å². The van der Waals surface area contributed by atoms with Crippen molar-refractivity contribution in [3.8, 4) is 23.1 Å². The van der Waals surface area contributed by atoms with Crippen LogP contribution in [0.15, 0.2) is 112 Å². The van der Waals surface area contributed by atoms with Crippen LogP contribution in [-0.2, 0) is 41.5 Å². The molecule has 0 aliphatic carbocycles. The Balaban J connectivity index is 0.000000256. The van der Waals surface area contributed by atoms with Crippen LogP contribution in [0.2, 0.25) is 0 Å². The minimum absolute atomic E-state index is 0. The van der Waals surface area contributed by atoms with Gasteiger partial charge >= 0.3 is 32.4 Å². The number of nitrogens with one attached hydrogen (secondary N) is 1. The molecule has 0 saturated carbocycles. The largest absolute Gasteiger partial charge is 0.493 e. The van der Waals surface area contributed by atoms with Crippen molar-refractivity contribution in [1.29, 1.82) is 0 Å². The van der Waals surface area contributed by atoms with Gasteiger partial charge in [-0.25, -0.2) is 19.0 Å². The van der Waals surface area contributed by atoms with Crippen molar-refractivity contribution >= 4 is 61.9 Å². The Bertz CT molecular complexity index is 2790. The van der Waals surface area contributed by atoms with Crippen LogP contribution in [0.4, 0.5) is 17.1 Å². The molecule has 0 aliphatic rings. The van der Waals surface area contributed by atoms with Gasteiger partial charge in [0.2, 0.25) is 11.8 Å². The quantitative estimate of drug-likeness (QED) is 0.0507. The van der Waals surface area contributed by atoms with Gasteiger partial charge in [-0.3, -0.25) is 19.3 Å². The number of carboxylic acids is 2. The van der Waals surface area contributed by atoms with Gasteiger partial charge in [0.05, 0.1) is 67.0 Å². The summed E-state index contributed by atoms with van der Waals surface area (Å²) in [5.74, 6) is 1.77. The number of carboxylic acid groups (broad SMARTS) is 2. The number of hydrogen-bond acceptors (Lipinski definition) is 14. The molecule has 2 aromatic heterocycles. The summed E-state index contributed by atoms with van der Waals surface area (Å²) >= 11 is 0. The fourth-order valence-electron chi connectivity index (χ4n) is 5.17. The first kappa shape index (κ1) is 45.0. The Morgan fingerprint density at radius 3 is 1.54 bits per heavy atom. The summed E-state index contributed by atoms with van der Waals surface area (Å²) in [5.41, 5.74) is 1.85. The van der Waals surface area contributed by atoms with E-state index in [9.17, 15) is 46.9 Å². The van der Waals surface area contributed by atoms with Crippen LogP contribution in [0.1, 0.15) is 43.2 Å². The van der Waals surface area contributed by atoms with Crippen LogP contribution in [-0.4, -0.2) is 85.7 Å². The van der Waals surface area contributed by atoms with Gasteiger partial charge < -0.3 is 20.4 Å². The summed E-state index contributed by atoms with van der Waals surface area (Å²) < 4.78 is 62.8. The van der Waals surface area contributed by atoms with Gasteiger partial charge in [0.1, 0.15) is 0 Å². The molecular formula is C36H32CoN8O12S2. The molecule has 0 saturated heterocycles. The van der Waals surface area contributed by atoms with Crippen LogP contribution in [0, 0.1) is 13.8 Å². The molecular weight excluding hydrogens is 860 g/mol. The molecule has 1 radical (unpaired) electrons. The van der Waals surface area contributed by atoms with Gasteiger partial charge in [-0.2, -0.15) is 37.2 Å². The molecule has 0 aliphatic heterocycles. The zero-order chi connectivity index (χ0) is 42.4. The summed E-state index contributed by atoms with van der Waals surface area (Å²) in [6.07, 6.45) is 2.44. The maximum atomic E-state index is 11.8. The van der Waals surface area contributed by atoms with Gasteiger partial charge in [-0.1, -0.05) is 36.4 Å². The number of aromatic carboxylic acids is 2. The molecule has 59 heavy (non-hydrogen) atoms. The topological polar surface area (TPSA) is 311 Å². The molecule has 20 nitrogen and oxygen atoms in total. The van der Waals surface area contributed by atoms with E-state index in [1.807, 2.05) is 16.9 Å². The predicted molar refractivity (Wildman–Crippen MR) is 209 cm³/mol. The third-order valence-electron chi connectivity index (χ3n) is 7.92. The minimum atomic E-state index is -4.54. The molecule has 4 aromatic carbocycles. The van der Waals surface area contributed by atoms with Crippen molar-refractivity contribution in [3.63, 3.8) is 0 Å². The zero-order valence-corrected chi connectivity index (χ0v) is 33.1. The molecule has 8 N–H and O–H groups in total. The number of anilines is 1. The van der Waals surface area contributed by atoms with E-state index < -0.39 is 32.4 Å². The molecule has 309 valence electrons. The molecule has 0 fully saturated rings. The SMILES string of the molecule is Cc1nn(-c2ccccc2)c(O)c1C=Nc1cc(NS(=O)(=O)O)ccc1C(=O)O.Cc1nn(-c2ccccc2)c(O)c1C=Nc1cc(S(=O)(=O)ON)ccc1C(=O)O.[Co]. The predicted octanol–water partition coefficient (Wildman–Crippen LogP) is 4.46. The first-order valence-corrected chi connectivity index (χ1v) is 19.1. The first-order chi connectivity index (χ1) is 27.4. The number of aliphatic imine (C=N–C) groups is 2. The Morgan fingerprint density at radius 1 is 0.712 bits per heavy atom. The first-order valence-electron chi connectivity index (χ1n) is 16.3. The fraction of sp³-hybridized carbons (Fsp3) is 0.0556. The smallest absolute Gasteiger partial charge is 0.357 e. The molecule has 6 aromatic rings. The average molecular weight is 892 g/mol. The van der Waals surface area contributed by atoms with Crippen LogP contribution < -0.4 is 10.6 Å². The zero-order valence-electron chi connectivity index (χ0n) is 30.4. The van der Waals surface area contributed by atoms with E-state index in [1.165, 1.54) is 27.9 Å². The number of hydrogen-bond donors (Lipinski definition) is 7. The number of nitrogens with zero attached hydrogens (tertiary/aromatic N) is 6. The van der Waals surface area contributed by atoms with Gasteiger partial charge in [-0.15, -0.1) is 0 Å². The Labute approximate surface area is 345 Å². The van der Waals surface area contributed by atoms with Gasteiger partial charge in [0, 0.05) is 29.2 Å². The molecule has 0 unspecified atom stereocenters. The molecule has 0 bridgehead atoms. The van der Waals surface area contributed by atoms with Crippen molar-refractivity contribution in [2.75, 3.05) is 4.72 Å². The van der Waals surface area contributed by atoms with Crippen LogP contribution in [0.5, 0.6) is 11.8 Å². The number of aromatic nitrogens is 4. The van der Waals surface area contributed by atoms with E-state index in [4.69, 9.17) is 10.4 Å². The second-order valence-corrected chi connectivity index (χ2v) is 14.5. The maximum Gasteiger partial charge on any atom is 0.357 e. The Kier molecular flexibility index (Phi) is 14.2. The molecule has 0 atom stereocenters. The second kappa shape index (κ2) is 18.7. The number of rotatable bonds is 12. The number of benzene rings is 4. The summed E-state index contributed by atoms with van der Waals surface area (Å²) in [6, 6.07) is 24.3. The number of carbonyl (C=O) groups is 2. The van der Waals surface area contributed by atoms with E-state index in [-0.39, 0.29) is 72.8 Å². The fourth-order valence-corrected chi connectivity index (χ4v) is 6.19. The number of para-hydroxylation sites is 2. The Morgan fingerprint density at radius 2 is 1.14 bits per heavy atom. The summed E-state index contributed by atoms with van der Waals surface area (Å²) in [7, 11) is -8.79. The molecule has 6 rings (SSSR count). The average Bonchev–Trinajstić information content (AvgIpc) is 3.64. The van der Waals surface area contributed by atoms with E-state index in [0.717, 1.165) is 30.3 Å². The third-order valence-corrected chi connectivity index (χ3v) is 9.50. The van der Waals surface area contributed by atoms with Gasteiger partial charge in [0.15, 0.2) is 0 Å². The monoisotopic (exact) mass is 891 g/mol. The summed E-state index contributed by atoms with van der Waals surface area (Å²) in [6.45, 7) is 3.29. The van der Waals surface area contributed by atoms with Crippen molar-refractivity contribution in [3.05, 3.63) is 131 Å². The van der Waals surface area contributed by atoms with Gasteiger partial charge in [-0.05, 0) is 74.5 Å². The number of nitrogens with two attached hydrogens (primary N) is 1. The Hall–Kier alpha value is -6.73. The van der Waals surface area contributed by atoms with Crippen molar-refractivity contribution in [2.45, 2.75) is 18.7 Å². The second-order valence-electron chi connectivity index (χ2n) is 11.8.